The number of carboxylic acid groups (broad SMARTS) is 1. The second-order valence-electron chi connectivity index (χ2n) is 6.99. The van der Waals surface area contributed by atoms with E-state index in [1.165, 1.54) is 64.2 Å². The fraction of sp³-hybridized carbons (Fsp3) is 0.850. The first-order valence-electron chi connectivity index (χ1n) is 10.2. The quantitative estimate of drug-likeness (QED) is 0.224. The Morgan fingerprint density at radius 1 is 0.808 bits per heavy atom. The summed E-state index contributed by atoms with van der Waals surface area (Å²) in [5, 5.41) is 8.53. The molecule has 0 aromatic heterocycles. The number of aliphatic carboxylic acids is 1. The van der Waals surface area contributed by atoms with Gasteiger partial charge < -0.3 is 15.6 Å². The Morgan fingerprint density at radius 3 is 1.65 bits per heavy atom. The van der Waals surface area contributed by atoms with Crippen LogP contribution in [0.1, 0.15) is 103 Å². The number of rotatable bonds is 17. The molecule has 0 saturated carbocycles. The summed E-state index contributed by atoms with van der Waals surface area (Å²) < 4.78 is 4.55. The van der Waals surface area contributed by atoms with Crippen molar-refractivity contribution >= 4 is 17.9 Å². The van der Waals surface area contributed by atoms with E-state index in [4.69, 9.17) is 10.8 Å². The molecule has 0 fully saturated rings. The highest BCUT2D eigenvalue weighted by Gasteiger charge is 2.21. The molecule has 152 valence electrons. The molecule has 0 aliphatic heterocycles. The monoisotopic (exact) mass is 371 g/mol. The summed E-state index contributed by atoms with van der Waals surface area (Å²) in [7, 11) is 0. The Hall–Kier alpha value is -1.43. The highest BCUT2D eigenvalue weighted by atomic mass is 16.6. The van der Waals surface area contributed by atoms with Crippen molar-refractivity contribution in [3.8, 4) is 0 Å². The van der Waals surface area contributed by atoms with Crippen molar-refractivity contribution < 1.29 is 24.2 Å². The minimum Gasteiger partial charge on any atom is -0.481 e. The molecule has 0 amide bonds. The molecule has 6 heteroatoms. The Morgan fingerprint density at radius 2 is 1.23 bits per heavy atom. The van der Waals surface area contributed by atoms with E-state index in [-0.39, 0.29) is 6.42 Å². The van der Waals surface area contributed by atoms with Crippen LogP contribution in [0.15, 0.2) is 0 Å². The summed E-state index contributed by atoms with van der Waals surface area (Å²) in [5.41, 5.74) is 5.33. The van der Waals surface area contributed by atoms with E-state index in [2.05, 4.69) is 11.7 Å². The zero-order valence-corrected chi connectivity index (χ0v) is 16.3. The molecule has 0 saturated heterocycles. The van der Waals surface area contributed by atoms with Crippen LogP contribution in [-0.4, -0.2) is 29.1 Å². The van der Waals surface area contributed by atoms with Gasteiger partial charge in [-0.1, -0.05) is 84.0 Å². The lowest BCUT2D eigenvalue weighted by molar-refractivity contribution is -0.162. The third kappa shape index (κ3) is 16.1. The number of nitrogens with two attached hydrogens (primary N) is 1. The molecule has 0 spiro atoms. The van der Waals surface area contributed by atoms with Crippen molar-refractivity contribution in [3.63, 3.8) is 0 Å². The van der Waals surface area contributed by atoms with E-state index in [9.17, 15) is 14.4 Å². The molecule has 0 aliphatic carbocycles. The largest absolute Gasteiger partial charge is 0.481 e. The van der Waals surface area contributed by atoms with Gasteiger partial charge in [-0.2, -0.15) is 0 Å². The van der Waals surface area contributed by atoms with Gasteiger partial charge in [0.25, 0.3) is 0 Å². The Balaban J connectivity index is 3.40. The summed E-state index contributed by atoms with van der Waals surface area (Å²) in [6, 6.07) is -1.29. The Bertz CT molecular complexity index is 398. The SMILES string of the molecule is CCCCCCCCCCCCCCCC(=O)OC(=O)[C@@H](N)CC(=O)O. The van der Waals surface area contributed by atoms with Gasteiger partial charge in [0.05, 0.1) is 6.42 Å². The van der Waals surface area contributed by atoms with Gasteiger partial charge in [0.1, 0.15) is 6.04 Å². The van der Waals surface area contributed by atoms with E-state index in [0.717, 1.165) is 12.8 Å². The van der Waals surface area contributed by atoms with E-state index < -0.39 is 30.4 Å². The average molecular weight is 372 g/mol. The first kappa shape index (κ1) is 24.6. The van der Waals surface area contributed by atoms with Crippen LogP contribution in [-0.2, 0) is 19.1 Å². The molecule has 0 rings (SSSR count). The van der Waals surface area contributed by atoms with Crippen molar-refractivity contribution in [3.05, 3.63) is 0 Å². The van der Waals surface area contributed by atoms with Crippen molar-refractivity contribution in [2.24, 2.45) is 5.73 Å². The Labute approximate surface area is 157 Å². The highest BCUT2D eigenvalue weighted by Crippen LogP contribution is 2.13. The molecule has 0 aromatic rings. The van der Waals surface area contributed by atoms with Gasteiger partial charge in [0.15, 0.2) is 0 Å². The second kappa shape index (κ2) is 17.0. The molecule has 26 heavy (non-hydrogen) atoms. The van der Waals surface area contributed by atoms with Crippen molar-refractivity contribution in [2.45, 2.75) is 109 Å². The number of esters is 2. The fourth-order valence-electron chi connectivity index (χ4n) is 2.80. The van der Waals surface area contributed by atoms with Gasteiger partial charge in [-0.05, 0) is 6.42 Å². The zero-order valence-electron chi connectivity index (χ0n) is 16.3. The van der Waals surface area contributed by atoms with E-state index in [1.807, 2.05) is 0 Å². The van der Waals surface area contributed by atoms with Crippen LogP contribution in [0, 0.1) is 0 Å². The Kier molecular flexibility index (Phi) is 16.1. The van der Waals surface area contributed by atoms with Gasteiger partial charge in [0.2, 0.25) is 0 Å². The van der Waals surface area contributed by atoms with Gasteiger partial charge in [-0.15, -0.1) is 0 Å². The number of carbonyl (C=O) groups excluding carboxylic acids is 2. The summed E-state index contributed by atoms with van der Waals surface area (Å²) in [5.74, 6) is -2.79. The van der Waals surface area contributed by atoms with Crippen LogP contribution >= 0.6 is 0 Å². The van der Waals surface area contributed by atoms with E-state index >= 15 is 0 Å². The molecular weight excluding hydrogens is 334 g/mol. The fourth-order valence-corrected chi connectivity index (χ4v) is 2.80. The molecule has 6 nitrogen and oxygen atoms in total. The van der Waals surface area contributed by atoms with Crippen molar-refractivity contribution in [2.75, 3.05) is 0 Å². The van der Waals surface area contributed by atoms with Crippen molar-refractivity contribution in [1.82, 2.24) is 0 Å². The van der Waals surface area contributed by atoms with Crippen LogP contribution < -0.4 is 5.73 Å². The predicted molar refractivity (Wildman–Crippen MR) is 102 cm³/mol. The molecule has 0 aromatic carbocycles. The molecule has 0 radical (unpaired) electrons. The van der Waals surface area contributed by atoms with Crippen LogP contribution in [0.5, 0.6) is 0 Å². The first-order chi connectivity index (χ1) is 12.5. The maximum Gasteiger partial charge on any atom is 0.331 e. The minimum atomic E-state index is -1.29. The number of unbranched alkanes of at least 4 members (excludes halogenated alkanes) is 12. The van der Waals surface area contributed by atoms with Crippen LogP contribution in [0.2, 0.25) is 0 Å². The third-order valence-corrected chi connectivity index (χ3v) is 4.40. The van der Waals surface area contributed by atoms with E-state index in [1.54, 1.807) is 0 Å². The van der Waals surface area contributed by atoms with Gasteiger partial charge in [-0.3, -0.25) is 9.59 Å². The predicted octanol–water partition coefficient (Wildman–Crippen LogP) is 4.34. The average Bonchev–Trinajstić information content (AvgIpc) is 2.58. The topological polar surface area (TPSA) is 107 Å². The number of carboxylic acids is 1. The summed E-state index contributed by atoms with van der Waals surface area (Å²) in [6.45, 7) is 2.24. The molecular formula is C20H37NO5. The van der Waals surface area contributed by atoms with Gasteiger partial charge in [-0.25, -0.2) is 4.79 Å². The molecule has 3 N–H and O–H groups in total. The van der Waals surface area contributed by atoms with Gasteiger partial charge >= 0.3 is 17.9 Å². The van der Waals surface area contributed by atoms with Crippen LogP contribution in [0.25, 0.3) is 0 Å². The van der Waals surface area contributed by atoms with Crippen molar-refractivity contribution in [1.29, 1.82) is 0 Å². The number of hydrogen-bond acceptors (Lipinski definition) is 5. The summed E-state index contributed by atoms with van der Waals surface area (Å²) in [4.78, 5) is 33.3. The lowest BCUT2D eigenvalue weighted by atomic mass is 10.0. The number of ether oxygens (including phenoxy) is 1. The zero-order chi connectivity index (χ0) is 19.6. The van der Waals surface area contributed by atoms with Crippen LogP contribution in [0.3, 0.4) is 0 Å². The maximum atomic E-state index is 11.5. The molecule has 0 bridgehead atoms. The molecule has 1 atom stereocenters. The summed E-state index contributed by atoms with van der Waals surface area (Å²) in [6.07, 6.45) is 15.4. The molecule has 0 aliphatic rings. The normalized spacial score (nSPS) is 11.9. The lowest BCUT2D eigenvalue weighted by Crippen LogP contribution is -2.35. The maximum absolute atomic E-state index is 11.5. The smallest absolute Gasteiger partial charge is 0.331 e. The van der Waals surface area contributed by atoms with E-state index in [0.29, 0.717) is 6.42 Å². The molecule has 0 heterocycles. The lowest BCUT2D eigenvalue weighted by Gasteiger charge is -2.08. The summed E-state index contributed by atoms with van der Waals surface area (Å²) >= 11 is 0. The minimum absolute atomic E-state index is 0.170. The number of hydrogen-bond donors (Lipinski definition) is 2. The third-order valence-electron chi connectivity index (χ3n) is 4.40. The van der Waals surface area contributed by atoms with Crippen LogP contribution in [0.4, 0.5) is 0 Å². The first-order valence-corrected chi connectivity index (χ1v) is 10.2. The standard InChI is InChI=1S/C20H37NO5/c1-2-3-4-5-6-7-8-9-10-11-12-13-14-15-19(24)26-20(25)17(21)16-18(22)23/h17H,2-16,21H2,1H3,(H,22,23)/t17-/m0/s1. The highest BCUT2D eigenvalue weighted by molar-refractivity contribution is 5.90. The van der Waals surface area contributed by atoms with Gasteiger partial charge in [0, 0.05) is 6.42 Å². The molecule has 0 unspecified atom stereocenters. The second-order valence-corrected chi connectivity index (χ2v) is 6.99. The number of carbonyl (C=O) groups is 3.